The number of nitrogens with two attached hydrogens (primary N) is 1. The molecule has 0 aliphatic carbocycles. The van der Waals surface area contributed by atoms with E-state index in [1.165, 1.54) is 23.2 Å². The van der Waals surface area contributed by atoms with Gasteiger partial charge in [-0.1, -0.05) is 32.1 Å². The summed E-state index contributed by atoms with van der Waals surface area (Å²) in [6.07, 6.45) is -0.487. The summed E-state index contributed by atoms with van der Waals surface area (Å²) in [6.45, 7) is 11.5. The number of alkyl halides is 3. The molecule has 0 aromatic heterocycles. The van der Waals surface area contributed by atoms with Gasteiger partial charge in [-0.3, -0.25) is 4.79 Å². The van der Waals surface area contributed by atoms with E-state index >= 15 is 0 Å². The maximum atomic E-state index is 13.5. The lowest BCUT2D eigenvalue weighted by Gasteiger charge is -2.21. The molecule has 0 spiro atoms. The number of halogens is 3. The number of nitrogens with one attached hydrogen (secondary N) is 1. The van der Waals surface area contributed by atoms with Crippen LogP contribution in [0.15, 0.2) is 61.0 Å². The Morgan fingerprint density at radius 2 is 1.94 bits per heavy atom. The van der Waals surface area contributed by atoms with E-state index in [0.717, 1.165) is 29.7 Å². The van der Waals surface area contributed by atoms with Crippen LogP contribution in [0.3, 0.4) is 0 Å². The van der Waals surface area contributed by atoms with Gasteiger partial charge in [0.2, 0.25) is 0 Å². The fourth-order valence-electron chi connectivity index (χ4n) is 2.88. The predicted octanol–water partition coefficient (Wildman–Crippen LogP) is 6.75. The molecule has 0 heterocycles. The maximum Gasteiger partial charge on any atom is 0.416 e. The summed E-state index contributed by atoms with van der Waals surface area (Å²) in [5, 5.41) is 2.55. The molecule has 2 aromatic rings. The third-order valence-electron chi connectivity index (χ3n) is 5.27. The second-order valence-corrected chi connectivity index (χ2v) is 7.56. The summed E-state index contributed by atoms with van der Waals surface area (Å²) in [5.41, 5.74) is 7.74. The predicted molar refractivity (Wildman–Crippen MR) is 121 cm³/mol. The van der Waals surface area contributed by atoms with Gasteiger partial charge in [0.15, 0.2) is 0 Å². The van der Waals surface area contributed by atoms with Gasteiger partial charge in [0.1, 0.15) is 0 Å². The van der Waals surface area contributed by atoms with Crippen molar-refractivity contribution in [3.8, 4) is 0 Å². The summed E-state index contributed by atoms with van der Waals surface area (Å²) >= 11 is 0. The van der Waals surface area contributed by atoms with Gasteiger partial charge in [-0.05, 0) is 62.1 Å². The third-order valence-corrected chi connectivity index (χ3v) is 5.27. The Bertz CT molecular complexity index is 996. The number of aryl methyl sites for hydroxylation is 1. The molecule has 1 atom stereocenters. The number of carbonyl (C=O) groups excluding carboxylic acids is 1. The van der Waals surface area contributed by atoms with Gasteiger partial charge in [-0.15, -0.1) is 0 Å². The van der Waals surface area contributed by atoms with E-state index in [-0.39, 0.29) is 22.9 Å². The highest BCUT2D eigenvalue weighted by molar-refractivity contribution is 6.05. The molecule has 2 rings (SSSR count). The van der Waals surface area contributed by atoms with Crippen molar-refractivity contribution in [2.45, 2.75) is 40.3 Å². The lowest BCUT2D eigenvalue weighted by atomic mass is 10.0. The zero-order valence-electron chi connectivity index (χ0n) is 18.2. The second-order valence-electron chi connectivity index (χ2n) is 7.56. The van der Waals surface area contributed by atoms with E-state index < -0.39 is 17.6 Å². The fraction of sp³-hybridized carbons (Fsp3) is 0.292. The van der Waals surface area contributed by atoms with Crippen LogP contribution >= 0.6 is 0 Å². The van der Waals surface area contributed by atoms with E-state index in [4.69, 9.17) is 5.73 Å². The molecule has 0 aliphatic heterocycles. The molecule has 2 aromatic carbocycles. The van der Waals surface area contributed by atoms with Crippen molar-refractivity contribution >= 4 is 23.0 Å². The van der Waals surface area contributed by atoms with E-state index in [1.807, 2.05) is 20.8 Å². The summed E-state index contributed by atoms with van der Waals surface area (Å²) in [7, 11) is 0. The van der Waals surface area contributed by atoms with Crippen LogP contribution in [0.1, 0.15) is 48.7 Å². The first-order valence-electron chi connectivity index (χ1n) is 9.95. The molecule has 0 saturated carbocycles. The Balaban J connectivity index is 2.47. The highest BCUT2D eigenvalue weighted by atomic mass is 19.4. The van der Waals surface area contributed by atoms with Crippen molar-refractivity contribution < 1.29 is 18.0 Å². The monoisotopic (exact) mass is 431 g/mol. The maximum absolute atomic E-state index is 13.5. The molecule has 0 aliphatic rings. The van der Waals surface area contributed by atoms with E-state index in [0.29, 0.717) is 5.69 Å². The van der Waals surface area contributed by atoms with Crippen LogP contribution in [-0.4, -0.2) is 5.91 Å². The minimum Gasteiger partial charge on any atom is -0.398 e. The molecule has 1 amide bonds. The number of hydrogen-bond donors (Lipinski definition) is 2. The number of rotatable bonds is 7. The quantitative estimate of drug-likeness (QED) is 0.477. The summed E-state index contributed by atoms with van der Waals surface area (Å²) < 4.78 is 40.6. The Labute approximate surface area is 181 Å². The highest BCUT2D eigenvalue weighted by Crippen LogP contribution is 2.35. The zero-order valence-corrected chi connectivity index (χ0v) is 18.2. The molecule has 7 heteroatoms. The van der Waals surface area contributed by atoms with Gasteiger partial charge < -0.3 is 16.0 Å². The molecule has 0 radical (unpaired) electrons. The van der Waals surface area contributed by atoms with Crippen LogP contribution in [0.4, 0.5) is 30.2 Å². The van der Waals surface area contributed by atoms with E-state index in [9.17, 15) is 18.0 Å². The second kappa shape index (κ2) is 9.73. The van der Waals surface area contributed by atoms with Crippen LogP contribution in [0.25, 0.3) is 0 Å². The SMILES string of the molecule is C=CN(C=C(C)C(C)CC)c1cc(NC(=O)c2ccc(C)c(N)c2)cc(C(F)(F)F)c1. The van der Waals surface area contributed by atoms with Crippen molar-refractivity contribution in [1.29, 1.82) is 0 Å². The topological polar surface area (TPSA) is 58.4 Å². The van der Waals surface area contributed by atoms with Crippen molar-refractivity contribution in [3.05, 3.63) is 77.6 Å². The largest absolute Gasteiger partial charge is 0.416 e. The Hall–Kier alpha value is -3.22. The van der Waals surface area contributed by atoms with Crippen molar-refractivity contribution in [3.63, 3.8) is 0 Å². The van der Waals surface area contributed by atoms with Crippen LogP contribution in [0, 0.1) is 12.8 Å². The minimum absolute atomic E-state index is 0.0235. The summed E-state index contributed by atoms with van der Waals surface area (Å²) in [5.74, 6) is -0.284. The van der Waals surface area contributed by atoms with Crippen molar-refractivity contribution in [2.75, 3.05) is 16.0 Å². The van der Waals surface area contributed by atoms with Crippen LogP contribution in [0.2, 0.25) is 0 Å². The molecular weight excluding hydrogens is 403 g/mol. The van der Waals surface area contributed by atoms with E-state index in [1.54, 1.807) is 25.3 Å². The van der Waals surface area contributed by atoms with E-state index in [2.05, 4.69) is 11.9 Å². The molecule has 4 nitrogen and oxygen atoms in total. The lowest BCUT2D eigenvalue weighted by molar-refractivity contribution is -0.137. The van der Waals surface area contributed by atoms with Crippen molar-refractivity contribution in [1.82, 2.24) is 0 Å². The summed E-state index contributed by atoms with van der Waals surface area (Å²) in [6, 6.07) is 8.17. The number of amides is 1. The Kier molecular flexibility index (Phi) is 7.55. The van der Waals surface area contributed by atoms with Gasteiger partial charge >= 0.3 is 6.18 Å². The first-order valence-corrected chi connectivity index (χ1v) is 9.95. The number of nitrogens with zero attached hydrogens (tertiary/aromatic N) is 1. The van der Waals surface area contributed by atoms with Gasteiger partial charge in [-0.2, -0.15) is 13.2 Å². The lowest BCUT2D eigenvalue weighted by Crippen LogP contribution is -2.16. The molecule has 3 N–H and O–H groups in total. The van der Waals surface area contributed by atoms with Gasteiger partial charge in [-0.25, -0.2) is 0 Å². The number of carbonyl (C=O) groups is 1. The summed E-state index contributed by atoms with van der Waals surface area (Å²) in [4.78, 5) is 14.1. The zero-order chi connectivity index (χ0) is 23.3. The first-order chi connectivity index (χ1) is 14.5. The normalized spacial score (nSPS) is 12.9. The standard InChI is InChI=1S/C24H28F3N3O/c1-6-15(3)17(5)14-30(7-2)21-12-19(24(25,26)27)11-20(13-21)29-23(31)18-9-8-16(4)22(28)10-18/h7-15H,2,6,28H2,1,3-5H3,(H,29,31). The molecule has 1 unspecified atom stereocenters. The Morgan fingerprint density at radius 1 is 1.26 bits per heavy atom. The van der Waals surface area contributed by atoms with Gasteiger partial charge in [0.05, 0.1) is 5.56 Å². The van der Waals surface area contributed by atoms with Crippen LogP contribution in [0.5, 0.6) is 0 Å². The highest BCUT2D eigenvalue weighted by Gasteiger charge is 2.32. The molecule has 0 bridgehead atoms. The first kappa shape index (κ1) is 24.1. The number of benzene rings is 2. The molecule has 0 fully saturated rings. The third kappa shape index (κ3) is 6.13. The van der Waals surface area contributed by atoms with Gasteiger partial charge in [0.25, 0.3) is 5.91 Å². The smallest absolute Gasteiger partial charge is 0.398 e. The fourth-order valence-corrected chi connectivity index (χ4v) is 2.88. The molecule has 0 saturated heterocycles. The Morgan fingerprint density at radius 3 is 2.48 bits per heavy atom. The number of anilines is 3. The number of hydrogen-bond acceptors (Lipinski definition) is 3. The molecule has 166 valence electrons. The van der Waals surface area contributed by atoms with Crippen molar-refractivity contribution in [2.24, 2.45) is 5.92 Å². The van der Waals surface area contributed by atoms with Crippen LogP contribution in [-0.2, 0) is 6.18 Å². The molecule has 31 heavy (non-hydrogen) atoms. The molecular formula is C24H28F3N3O. The number of nitrogen functional groups attached to an aromatic ring is 1. The number of allylic oxidation sites excluding steroid dienone is 1. The average Bonchev–Trinajstić information content (AvgIpc) is 2.72. The van der Waals surface area contributed by atoms with Crippen LogP contribution < -0.4 is 16.0 Å². The minimum atomic E-state index is -4.58. The van der Waals surface area contributed by atoms with Gasteiger partial charge in [0, 0.05) is 35.0 Å². The average molecular weight is 432 g/mol.